The van der Waals surface area contributed by atoms with E-state index in [-0.39, 0.29) is 51.2 Å². The van der Waals surface area contributed by atoms with Crippen LogP contribution in [-0.4, -0.2) is 50.6 Å². The van der Waals surface area contributed by atoms with Crippen molar-refractivity contribution in [1.82, 2.24) is 0 Å². The zero-order valence-corrected chi connectivity index (χ0v) is 12.7. The van der Waals surface area contributed by atoms with Crippen LogP contribution in [0.4, 0.5) is 0 Å². The Hall–Kier alpha value is -0.539. The van der Waals surface area contributed by atoms with Crippen molar-refractivity contribution in [3.63, 3.8) is 0 Å². The molecule has 0 heterocycles. The van der Waals surface area contributed by atoms with Crippen LogP contribution in [0.2, 0.25) is 0 Å². The second-order valence-electron chi connectivity index (χ2n) is 3.15. The number of benzene rings is 2. The van der Waals surface area contributed by atoms with E-state index < -0.39 is 0 Å². The summed E-state index contributed by atoms with van der Waals surface area (Å²) in [5.74, 6) is 0.289. The molecular weight excluding hydrogens is 272 g/mol. The zero-order valence-electron chi connectivity index (χ0n) is 9.26. The first-order chi connectivity index (χ1) is 7.18. The van der Waals surface area contributed by atoms with Gasteiger partial charge in [-0.3, -0.25) is 0 Å². The van der Waals surface area contributed by atoms with E-state index in [2.05, 4.69) is 13.8 Å². The van der Waals surface area contributed by atoms with Crippen molar-refractivity contribution >= 4 is 45.5 Å². The van der Waals surface area contributed by atoms with Crippen molar-refractivity contribution in [3.8, 4) is 5.75 Å². The molecule has 16 heavy (non-hydrogen) atoms. The third kappa shape index (κ3) is 6.86. The fourth-order valence-corrected chi connectivity index (χ4v) is 0.974. The number of hydrogen-bond donors (Lipinski definition) is 1. The molecule has 2 heteroatoms. The molecule has 0 aliphatic heterocycles. The maximum Gasteiger partial charge on any atom is 2.00 e. The number of hydrogen-bond acceptors (Lipinski definition) is 1. The van der Waals surface area contributed by atoms with Gasteiger partial charge >= 0.3 is 45.5 Å². The maximum atomic E-state index is 8.73. The summed E-state index contributed by atoms with van der Waals surface area (Å²) in [5, 5.41) is 8.73. The van der Waals surface area contributed by atoms with Crippen molar-refractivity contribution in [2.45, 2.75) is 0 Å². The Bertz CT molecular complexity index is 360. The van der Waals surface area contributed by atoms with Crippen LogP contribution < -0.4 is 0 Å². The predicted molar refractivity (Wildman–Crippen MR) is 69.2 cm³/mol. The molecule has 0 aliphatic rings. The van der Waals surface area contributed by atoms with Gasteiger partial charge in [-0.05, 0) is 0 Å². The van der Waals surface area contributed by atoms with Gasteiger partial charge in [0.15, 0.2) is 0 Å². The predicted octanol–water partition coefficient (Wildman–Crippen LogP) is 3.06. The first-order valence-electron chi connectivity index (χ1n) is 4.66. The summed E-state index contributed by atoms with van der Waals surface area (Å²) < 4.78 is 0. The average molecular weight is 286 g/mol. The molecule has 78 valence electrons. The molecule has 2 aromatic carbocycles. The number of phenolic OH excluding ortho intramolecular Hbond substituents is 1. The Labute approximate surface area is 134 Å². The fraction of sp³-hybridized carbons (Fsp3) is 0. The normalized spacial score (nSPS) is 8.25. The molecule has 0 atom stereocenters. The van der Waals surface area contributed by atoms with Crippen LogP contribution in [0.5, 0.6) is 5.75 Å². The first kappa shape index (κ1) is 15.5. The third-order valence-electron chi connectivity index (χ3n) is 1.78. The minimum Gasteiger partial charge on any atom is -0.510 e. The molecule has 0 aromatic heterocycles. The summed E-state index contributed by atoms with van der Waals surface area (Å²) >= 11 is 0. The summed E-state index contributed by atoms with van der Waals surface area (Å²) in [6, 6.07) is 16.6. The molecular formula is C14H14OSr. The number of aromatic hydroxyl groups is 1. The Morgan fingerprint density at radius 3 is 1.44 bits per heavy atom. The van der Waals surface area contributed by atoms with E-state index in [0.717, 1.165) is 11.1 Å². The Morgan fingerprint density at radius 2 is 1.12 bits per heavy atom. The smallest absolute Gasteiger partial charge is 0.510 e. The van der Waals surface area contributed by atoms with Crippen LogP contribution in [0.1, 0.15) is 11.1 Å². The van der Waals surface area contributed by atoms with Crippen LogP contribution in [0.25, 0.3) is 0 Å². The van der Waals surface area contributed by atoms with E-state index in [4.69, 9.17) is 5.11 Å². The van der Waals surface area contributed by atoms with Crippen LogP contribution in [0.15, 0.2) is 54.6 Å². The summed E-state index contributed by atoms with van der Waals surface area (Å²) in [5.41, 5.74) is 1.99. The topological polar surface area (TPSA) is 20.2 Å². The van der Waals surface area contributed by atoms with Crippen molar-refractivity contribution in [2.75, 3.05) is 0 Å². The molecule has 0 aliphatic carbocycles. The molecule has 0 saturated carbocycles. The van der Waals surface area contributed by atoms with Gasteiger partial charge in [-0.1, -0.05) is 18.2 Å². The molecule has 0 radical (unpaired) electrons. The quantitative estimate of drug-likeness (QED) is 0.583. The van der Waals surface area contributed by atoms with Gasteiger partial charge in [-0.25, -0.2) is 0 Å². The third-order valence-corrected chi connectivity index (χ3v) is 1.78. The van der Waals surface area contributed by atoms with Gasteiger partial charge in [0, 0.05) is 0 Å². The standard InChI is InChI=1S/C7H7O.C7H7.Sr/c1-6-2-4-7(8)5-3-6;1-7-5-3-2-4-6-7;/h2-5,8H,1H2;2-6H,1H2;/q2*-1;+2. The molecule has 1 N–H and O–H groups in total. The van der Waals surface area contributed by atoms with Crippen LogP contribution in [0, 0.1) is 13.8 Å². The Kier molecular flexibility index (Phi) is 8.30. The molecule has 0 unspecified atom stereocenters. The molecule has 0 saturated heterocycles. The van der Waals surface area contributed by atoms with Gasteiger partial charge in [-0.15, -0.1) is 12.1 Å². The molecule has 0 bridgehead atoms. The Balaban J connectivity index is 0.000000267. The molecule has 0 fully saturated rings. The van der Waals surface area contributed by atoms with Crippen molar-refractivity contribution in [1.29, 1.82) is 0 Å². The van der Waals surface area contributed by atoms with E-state index in [1.54, 1.807) is 24.3 Å². The molecule has 0 spiro atoms. The van der Waals surface area contributed by atoms with E-state index in [9.17, 15) is 0 Å². The van der Waals surface area contributed by atoms with Gasteiger partial charge in [0.05, 0.1) is 5.75 Å². The van der Waals surface area contributed by atoms with E-state index in [1.165, 1.54) is 0 Å². The fourth-order valence-electron chi connectivity index (χ4n) is 0.974. The summed E-state index contributed by atoms with van der Waals surface area (Å²) in [6.45, 7) is 7.37. The SMILES string of the molecule is [CH2-]c1ccc(O)cc1.[CH2-]c1ccccc1.[Sr+2]. The number of phenols is 1. The van der Waals surface area contributed by atoms with Gasteiger partial charge < -0.3 is 5.11 Å². The van der Waals surface area contributed by atoms with Gasteiger partial charge in [0.25, 0.3) is 0 Å². The molecule has 2 rings (SSSR count). The van der Waals surface area contributed by atoms with Crippen LogP contribution in [0.3, 0.4) is 0 Å². The number of rotatable bonds is 0. The molecule has 2 aromatic rings. The molecule has 1 nitrogen and oxygen atoms in total. The monoisotopic (exact) mass is 286 g/mol. The van der Waals surface area contributed by atoms with Gasteiger partial charge in [0.1, 0.15) is 0 Å². The summed E-state index contributed by atoms with van der Waals surface area (Å²) in [7, 11) is 0. The second-order valence-corrected chi connectivity index (χ2v) is 3.15. The largest absolute Gasteiger partial charge is 2.00 e. The average Bonchev–Trinajstić information content (AvgIpc) is 2.25. The van der Waals surface area contributed by atoms with Crippen molar-refractivity contribution in [2.24, 2.45) is 0 Å². The van der Waals surface area contributed by atoms with Gasteiger partial charge in [0.2, 0.25) is 0 Å². The van der Waals surface area contributed by atoms with Crippen molar-refractivity contribution in [3.05, 3.63) is 79.6 Å². The van der Waals surface area contributed by atoms with Gasteiger partial charge in [-0.2, -0.15) is 49.2 Å². The van der Waals surface area contributed by atoms with E-state index in [0.29, 0.717) is 0 Å². The van der Waals surface area contributed by atoms with Crippen LogP contribution >= 0.6 is 0 Å². The maximum absolute atomic E-state index is 8.73. The summed E-state index contributed by atoms with van der Waals surface area (Å²) in [6.07, 6.45) is 0. The zero-order chi connectivity index (χ0) is 11.1. The first-order valence-corrected chi connectivity index (χ1v) is 4.66. The minimum absolute atomic E-state index is 0. The second kappa shape index (κ2) is 8.59. The minimum atomic E-state index is 0. The van der Waals surface area contributed by atoms with Crippen molar-refractivity contribution < 1.29 is 5.11 Å². The van der Waals surface area contributed by atoms with E-state index >= 15 is 0 Å². The molecule has 0 amide bonds. The van der Waals surface area contributed by atoms with Crippen LogP contribution in [-0.2, 0) is 0 Å². The Morgan fingerprint density at radius 1 is 0.688 bits per heavy atom. The summed E-state index contributed by atoms with van der Waals surface area (Å²) in [4.78, 5) is 0. The van der Waals surface area contributed by atoms with E-state index in [1.807, 2.05) is 30.3 Å².